The van der Waals surface area contributed by atoms with Gasteiger partial charge < -0.3 is 10.1 Å². The minimum atomic E-state index is 0.324. The Morgan fingerprint density at radius 2 is 1.90 bits per heavy atom. The number of hydrogen-bond donors (Lipinski definition) is 1. The molecule has 2 heteroatoms. The third-order valence-corrected chi connectivity index (χ3v) is 1.66. The molecule has 0 aromatic heterocycles. The van der Waals surface area contributed by atoms with Crippen molar-refractivity contribution in [3.63, 3.8) is 0 Å². The van der Waals surface area contributed by atoms with E-state index in [1.165, 1.54) is 0 Å². The Bertz CT molecular complexity index is 65.7. The van der Waals surface area contributed by atoms with Gasteiger partial charge >= 0.3 is 0 Å². The van der Waals surface area contributed by atoms with Crippen LogP contribution in [-0.4, -0.2) is 25.3 Å². The van der Waals surface area contributed by atoms with Crippen LogP contribution in [0.25, 0.3) is 0 Å². The maximum atomic E-state index is 5.39. The SMILES string of the molecule is CCNC(C)C(C)OCC. The molecule has 0 saturated carbocycles. The van der Waals surface area contributed by atoms with Crippen molar-refractivity contribution in [1.29, 1.82) is 0 Å². The van der Waals surface area contributed by atoms with E-state index in [1.54, 1.807) is 0 Å². The second-order valence-corrected chi connectivity index (χ2v) is 2.51. The van der Waals surface area contributed by atoms with E-state index in [-0.39, 0.29) is 0 Å². The van der Waals surface area contributed by atoms with Gasteiger partial charge in [-0.3, -0.25) is 0 Å². The fourth-order valence-electron chi connectivity index (χ4n) is 0.895. The van der Waals surface area contributed by atoms with Gasteiger partial charge in [-0.15, -0.1) is 0 Å². The predicted molar refractivity (Wildman–Crippen MR) is 44.2 cm³/mol. The predicted octanol–water partition coefficient (Wildman–Crippen LogP) is 1.41. The summed E-state index contributed by atoms with van der Waals surface area (Å²) in [6.45, 7) is 10.2. The molecule has 1 N–H and O–H groups in total. The summed E-state index contributed by atoms with van der Waals surface area (Å²) in [5.74, 6) is 0. The second-order valence-electron chi connectivity index (χ2n) is 2.51. The lowest BCUT2D eigenvalue weighted by Gasteiger charge is -2.20. The Morgan fingerprint density at radius 3 is 2.30 bits per heavy atom. The summed E-state index contributed by atoms with van der Waals surface area (Å²) in [6, 6.07) is 0.463. The Hall–Kier alpha value is -0.0800. The quantitative estimate of drug-likeness (QED) is 0.631. The highest BCUT2D eigenvalue weighted by Gasteiger charge is 2.08. The van der Waals surface area contributed by atoms with Crippen molar-refractivity contribution in [2.75, 3.05) is 13.2 Å². The Labute approximate surface area is 64.0 Å². The summed E-state index contributed by atoms with van der Waals surface area (Å²) < 4.78 is 5.39. The Kier molecular flexibility index (Phi) is 5.64. The van der Waals surface area contributed by atoms with Gasteiger partial charge in [-0.1, -0.05) is 6.92 Å². The molecule has 2 unspecified atom stereocenters. The largest absolute Gasteiger partial charge is 0.377 e. The van der Waals surface area contributed by atoms with Crippen molar-refractivity contribution in [3.05, 3.63) is 0 Å². The molecular formula is C8H19NO. The van der Waals surface area contributed by atoms with Gasteiger partial charge in [0, 0.05) is 12.6 Å². The molecule has 0 aliphatic rings. The third kappa shape index (κ3) is 3.85. The molecule has 10 heavy (non-hydrogen) atoms. The lowest BCUT2D eigenvalue weighted by Crippen LogP contribution is -2.36. The van der Waals surface area contributed by atoms with Crippen molar-refractivity contribution in [3.8, 4) is 0 Å². The van der Waals surface area contributed by atoms with Gasteiger partial charge in [-0.25, -0.2) is 0 Å². The highest BCUT2D eigenvalue weighted by molar-refractivity contribution is 4.66. The number of likely N-dealkylation sites (N-methyl/N-ethyl adjacent to an activating group) is 1. The van der Waals surface area contributed by atoms with E-state index in [4.69, 9.17) is 4.74 Å². The highest BCUT2D eigenvalue weighted by atomic mass is 16.5. The maximum absolute atomic E-state index is 5.39. The van der Waals surface area contributed by atoms with Gasteiger partial charge in [-0.05, 0) is 27.3 Å². The molecule has 2 nitrogen and oxygen atoms in total. The lowest BCUT2D eigenvalue weighted by atomic mass is 10.2. The molecule has 62 valence electrons. The Morgan fingerprint density at radius 1 is 1.30 bits per heavy atom. The van der Waals surface area contributed by atoms with Crippen LogP contribution >= 0.6 is 0 Å². The molecule has 0 aromatic rings. The first kappa shape index (κ1) is 9.92. The molecule has 0 amide bonds. The molecule has 0 heterocycles. The highest BCUT2D eigenvalue weighted by Crippen LogP contribution is 1.96. The Balaban J connectivity index is 3.38. The van der Waals surface area contributed by atoms with Crippen molar-refractivity contribution in [2.24, 2.45) is 0 Å². The van der Waals surface area contributed by atoms with Crippen LogP contribution in [0.1, 0.15) is 27.7 Å². The zero-order chi connectivity index (χ0) is 7.98. The summed E-state index contributed by atoms with van der Waals surface area (Å²) in [4.78, 5) is 0. The van der Waals surface area contributed by atoms with Gasteiger partial charge in [0.15, 0.2) is 0 Å². The average Bonchev–Trinajstić information content (AvgIpc) is 1.89. The smallest absolute Gasteiger partial charge is 0.0697 e. The van der Waals surface area contributed by atoms with Crippen molar-refractivity contribution >= 4 is 0 Å². The minimum absolute atomic E-state index is 0.324. The number of ether oxygens (including phenoxy) is 1. The van der Waals surface area contributed by atoms with E-state index < -0.39 is 0 Å². The first-order valence-electron chi connectivity index (χ1n) is 4.07. The summed E-state index contributed by atoms with van der Waals surface area (Å²) in [6.07, 6.45) is 0.324. The van der Waals surface area contributed by atoms with Gasteiger partial charge in [0.25, 0.3) is 0 Å². The van der Waals surface area contributed by atoms with Crippen LogP contribution in [0.5, 0.6) is 0 Å². The van der Waals surface area contributed by atoms with E-state index in [0.29, 0.717) is 12.1 Å². The molecule has 0 spiro atoms. The minimum Gasteiger partial charge on any atom is -0.377 e. The van der Waals surface area contributed by atoms with Gasteiger partial charge in [0.2, 0.25) is 0 Å². The zero-order valence-corrected chi connectivity index (χ0v) is 7.48. The molecule has 0 saturated heterocycles. The monoisotopic (exact) mass is 145 g/mol. The van der Waals surface area contributed by atoms with Crippen molar-refractivity contribution < 1.29 is 4.74 Å². The van der Waals surface area contributed by atoms with Gasteiger partial charge in [0.1, 0.15) is 0 Å². The van der Waals surface area contributed by atoms with Crippen molar-refractivity contribution in [2.45, 2.75) is 39.8 Å². The fourth-order valence-corrected chi connectivity index (χ4v) is 0.895. The van der Waals surface area contributed by atoms with E-state index in [1.807, 2.05) is 6.92 Å². The van der Waals surface area contributed by atoms with Crippen LogP contribution in [0.3, 0.4) is 0 Å². The van der Waals surface area contributed by atoms with Gasteiger partial charge in [0.05, 0.1) is 6.10 Å². The van der Waals surface area contributed by atoms with E-state index in [0.717, 1.165) is 13.2 Å². The van der Waals surface area contributed by atoms with E-state index >= 15 is 0 Å². The maximum Gasteiger partial charge on any atom is 0.0697 e. The molecule has 0 aromatic carbocycles. The molecule has 0 rings (SSSR count). The van der Waals surface area contributed by atoms with Crippen LogP contribution in [-0.2, 0) is 4.74 Å². The lowest BCUT2D eigenvalue weighted by molar-refractivity contribution is 0.0528. The molecule has 2 atom stereocenters. The number of nitrogens with one attached hydrogen (secondary N) is 1. The summed E-state index contributed by atoms with van der Waals surface area (Å²) >= 11 is 0. The van der Waals surface area contributed by atoms with Crippen LogP contribution in [0.2, 0.25) is 0 Å². The van der Waals surface area contributed by atoms with Crippen LogP contribution in [0.4, 0.5) is 0 Å². The van der Waals surface area contributed by atoms with Crippen LogP contribution in [0.15, 0.2) is 0 Å². The fraction of sp³-hybridized carbons (Fsp3) is 1.00. The summed E-state index contributed by atoms with van der Waals surface area (Å²) in [7, 11) is 0. The number of rotatable bonds is 5. The number of hydrogen-bond acceptors (Lipinski definition) is 2. The average molecular weight is 145 g/mol. The third-order valence-electron chi connectivity index (χ3n) is 1.66. The second kappa shape index (κ2) is 5.69. The first-order chi connectivity index (χ1) is 4.72. The van der Waals surface area contributed by atoms with Crippen LogP contribution < -0.4 is 5.32 Å². The molecule has 0 aliphatic carbocycles. The molecule has 0 bridgehead atoms. The summed E-state index contributed by atoms with van der Waals surface area (Å²) in [5.41, 5.74) is 0. The molecule has 0 aliphatic heterocycles. The first-order valence-corrected chi connectivity index (χ1v) is 4.07. The van der Waals surface area contributed by atoms with Gasteiger partial charge in [-0.2, -0.15) is 0 Å². The van der Waals surface area contributed by atoms with Crippen LogP contribution in [0, 0.1) is 0 Å². The topological polar surface area (TPSA) is 21.3 Å². The van der Waals surface area contributed by atoms with E-state index in [9.17, 15) is 0 Å². The molecule has 0 radical (unpaired) electrons. The van der Waals surface area contributed by atoms with Crippen molar-refractivity contribution in [1.82, 2.24) is 5.32 Å². The summed E-state index contributed by atoms with van der Waals surface area (Å²) in [5, 5.41) is 3.31. The normalized spacial score (nSPS) is 16.8. The molecular weight excluding hydrogens is 126 g/mol. The van der Waals surface area contributed by atoms with E-state index in [2.05, 4.69) is 26.1 Å². The molecule has 0 fully saturated rings. The zero-order valence-electron chi connectivity index (χ0n) is 7.48. The standard InChI is InChI=1S/C8H19NO/c1-5-9-7(3)8(4)10-6-2/h7-9H,5-6H2,1-4H3.